The van der Waals surface area contributed by atoms with Crippen LogP contribution < -0.4 is 18.9 Å². The Bertz CT molecular complexity index is 1660. The van der Waals surface area contributed by atoms with Gasteiger partial charge in [-0.1, -0.05) is 26.0 Å². The Morgan fingerprint density at radius 1 is 1.04 bits per heavy atom. The van der Waals surface area contributed by atoms with Crippen LogP contribution in [0.5, 0.6) is 0 Å². The fraction of sp³-hybridized carbons (Fsp3) is 0.757. The molecule has 0 radical (unpaired) electrons. The maximum atomic E-state index is 14.1. The van der Waals surface area contributed by atoms with E-state index >= 15 is 0 Å². The van der Waals surface area contributed by atoms with Crippen LogP contribution in [0.15, 0.2) is 24.3 Å². The third-order valence-corrected chi connectivity index (χ3v) is 14.5. The number of carbonyl (C=O) groups excluding carboxylic acids is 3. The molecule has 5 saturated carbocycles. The second-order valence-electron chi connectivity index (χ2n) is 16.3. The Balaban J connectivity index is 0.000000846. The van der Waals surface area contributed by atoms with Crippen molar-refractivity contribution >= 4 is 23.5 Å². The van der Waals surface area contributed by atoms with Crippen molar-refractivity contribution in [1.82, 2.24) is 4.90 Å². The number of rotatable bonds is 9. The summed E-state index contributed by atoms with van der Waals surface area (Å²) in [5, 5.41) is 26.6. The van der Waals surface area contributed by atoms with Gasteiger partial charge in [0.15, 0.2) is 0 Å². The van der Waals surface area contributed by atoms with Gasteiger partial charge in [-0.2, -0.15) is 14.0 Å². The Kier molecular flexibility index (Phi) is 10.1. The maximum absolute atomic E-state index is 14.1. The molecule has 7 aliphatic rings. The highest BCUT2D eigenvalue weighted by atomic mass is 35.7. The zero-order valence-electron chi connectivity index (χ0n) is 31.3. The average molecular weight is 783 g/mol. The summed E-state index contributed by atoms with van der Waals surface area (Å²) in [5.74, 6) is -2.47. The molecule has 14 atom stereocenters. The molecule has 300 valence electrons. The number of carbonyl (C=O) groups is 3. The van der Waals surface area contributed by atoms with Crippen LogP contribution in [0.4, 0.5) is 5.69 Å². The molecule has 2 aliphatic heterocycles. The molecule has 1 spiro atoms. The normalized spacial score (nSPS) is 44.6. The molecule has 1 aromatic carbocycles. The van der Waals surface area contributed by atoms with Gasteiger partial charge in [-0.3, -0.25) is 14.5 Å². The lowest BCUT2D eigenvalue weighted by Gasteiger charge is -2.70. The molecule has 7 bridgehead atoms. The standard InChI is InChI=1S/C37H50N2O10.ClHO4/c1-7-38-17-34(18-49-32(42)20-10-8-9-11-23(20)39-26(40)14-19(2)31(39)41)13-12-25(46-4)36-22-15-21-24(45-3)16-35(43,27(22)28(21)47-5)37(44,33(36)38)30(48-6)29(34)36;2-1(3,4)5/h8-11,19,21-22,24-25,27-30,33,43-44H,7,12-18H2,1-6H3;(H,2,3,4,5)/t19-,21+,22+,24-,25-,27?,28-,29+,30-,33?,34-,35+,36-,37+;/m0./s1. The van der Waals surface area contributed by atoms with E-state index in [1.54, 1.807) is 59.6 Å². The monoisotopic (exact) mass is 782 g/mol. The van der Waals surface area contributed by atoms with E-state index < -0.39 is 56.3 Å². The SMILES string of the molecule is CCN1C[C@]2(COC(=O)c3ccccc3N3C(=O)C[C@H](C)C3=O)CC[C@H](OC)[C@]34C1[C@](O)([C@@H](OC)[C@H]23)[C@@]1(O)C[C@H](OC)[C@H]2C[C@@H]4C1[C@H]2OC.[O-][Cl+3]([O-])([O-])O. The minimum absolute atomic E-state index is 0.0358. The smallest absolute Gasteiger partial charge is 0.340 e. The molecule has 2 unspecified atom stereocenters. The van der Waals surface area contributed by atoms with Gasteiger partial charge >= 0.3 is 5.97 Å². The molecule has 16 nitrogen and oxygen atoms in total. The summed E-state index contributed by atoms with van der Waals surface area (Å²) in [6.07, 6.45) is 0.813. The topological polar surface area (TPSA) is 234 Å². The molecule has 0 aromatic heterocycles. The number of piperidine rings is 1. The zero-order valence-corrected chi connectivity index (χ0v) is 32.1. The molecule has 17 heteroatoms. The first-order chi connectivity index (χ1) is 25.4. The van der Waals surface area contributed by atoms with Gasteiger partial charge in [-0.25, -0.2) is 9.69 Å². The van der Waals surface area contributed by atoms with Gasteiger partial charge in [0.25, 0.3) is 0 Å². The highest BCUT2D eigenvalue weighted by molar-refractivity contribution is 6.22. The average Bonchev–Trinajstić information content (AvgIpc) is 3.65. The number of amides is 2. The fourth-order valence-corrected chi connectivity index (χ4v) is 13.2. The lowest BCUT2D eigenvalue weighted by atomic mass is 9.42. The number of esters is 1. The number of anilines is 1. The minimum atomic E-state index is -4.69. The fourth-order valence-electron chi connectivity index (χ4n) is 13.2. The number of hydrogen-bond acceptors (Lipinski definition) is 15. The van der Waals surface area contributed by atoms with Crippen LogP contribution in [0, 0.1) is 50.7 Å². The van der Waals surface area contributed by atoms with E-state index in [9.17, 15) is 24.6 Å². The summed E-state index contributed by atoms with van der Waals surface area (Å²) in [6, 6.07) is 6.12. The van der Waals surface area contributed by atoms with Crippen molar-refractivity contribution in [3.63, 3.8) is 0 Å². The first-order valence-electron chi connectivity index (χ1n) is 18.5. The highest BCUT2D eigenvalue weighted by Gasteiger charge is 2.91. The number of hydrogen-bond donors (Lipinski definition) is 3. The van der Waals surface area contributed by atoms with Crippen LogP contribution in [0.25, 0.3) is 0 Å². The van der Waals surface area contributed by atoms with E-state index in [1.165, 1.54) is 0 Å². The number of likely N-dealkylation sites (tertiary alicyclic amines) is 1. The second-order valence-corrected chi connectivity index (χ2v) is 17.1. The van der Waals surface area contributed by atoms with Crippen LogP contribution in [0.1, 0.15) is 56.3 Å². The van der Waals surface area contributed by atoms with E-state index in [0.717, 1.165) is 11.3 Å². The lowest BCUT2D eigenvalue weighted by molar-refractivity contribution is -1.92. The quantitative estimate of drug-likeness (QED) is 0.180. The Labute approximate surface area is 316 Å². The van der Waals surface area contributed by atoms with E-state index in [0.29, 0.717) is 25.9 Å². The van der Waals surface area contributed by atoms with Gasteiger partial charge in [-0.05, 0) is 43.9 Å². The lowest BCUT2D eigenvalue weighted by Crippen LogP contribution is -2.82. The van der Waals surface area contributed by atoms with Crippen LogP contribution >= 0.6 is 0 Å². The summed E-state index contributed by atoms with van der Waals surface area (Å²) in [5.41, 5.74) is -4.17. The van der Waals surface area contributed by atoms with Crippen molar-refractivity contribution in [2.75, 3.05) is 53.0 Å². The number of aliphatic hydroxyl groups is 2. The van der Waals surface area contributed by atoms with Crippen molar-refractivity contribution in [1.29, 1.82) is 0 Å². The van der Waals surface area contributed by atoms with Crippen LogP contribution in [0.2, 0.25) is 0 Å². The number of nitrogens with zero attached hydrogens (tertiary/aromatic N) is 2. The van der Waals surface area contributed by atoms with E-state index in [-0.39, 0.29) is 84.5 Å². The molecule has 8 rings (SSSR count). The van der Waals surface area contributed by atoms with Gasteiger partial charge in [-0.15, -0.1) is 0 Å². The van der Waals surface area contributed by atoms with Crippen molar-refractivity contribution in [2.45, 2.75) is 87.6 Å². The number of likely N-dealkylation sites (N-methyl/N-ethyl adjacent to an activating group) is 1. The summed E-state index contributed by atoms with van der Waals surface area (Å²) in [4.78, 5) is 43.3. The Morgan fingerprint density at radius 2 is 1.72 bits per heavy atom. The third-order valence-electron chi connectivity index (χ3n) is 14.5. The maximum Gasteiger partial charge on any atom is 0.340 e. The number of methoxy groups -OCH3 is 4. The summed E-state index contributed by atoms with van der Waals surface area (Å²) in [7, 11) is 2.01. The van der Waals surface area contributed by atoms with E-state index in [2.05, 4.69) is 11.8 Å². The Morgan fingerprint density at radius 3 is 2.30 bits per heavy atom. The zero-order chi connectivity index (χ0) is 39.3. The molecule has 1 aromatic rings. The molecule has 2 amide bonds. The minimum Gasteiger partial charge on any atom is -0.461 e. The van der Waals surface area contributed by atoms with Gasteiger partial charge < -0.3 is 33.9 Å². The molecule has 54 heavy (non-hydrogen) atoms. The van der Waals surface area contributed by atoms with Gasteiger partial charge in [0.05, 0.1) is 63.2 Å². The van der Waals surface area contributed by atoms with Crippen molar-refractivity contribution in [3.8, 4) is 0 Å². The molecule has 2 saturated heterocycles. The second kappa shape index (κ2) is 13.7. The van der Waals surface area contributed by atoms with Gasteiger partial charge in [0.2, 0.25) is 11.8 Å². The molecular weight excluding hydrogens is 732 g/mol. The molecule has 5 aliphatic carbocycles. The molecule has 2 heterocycles. The van der Waals surface area contributed by atoms with Gasteiger partial charge in [0, 0.05) is 82.3 Å². The van der Waals surface area contributed by atoms with E-state index in [1.807, 2.05) is 0 Å². The number of fused-ring (bicyclic) bond motifs is 2. The number of benzene rings is 1. The molecule has 3 N–H and O–H groups in total. The van der Waals surface area contributed by atoms with Crippen molar-refractivity contribution < 1.29 is 77.2 Å². The molecule has 7 fully saturated rings. The predicted molar refractivity (Wildman–Crippen MR) is 177 cm³/mol. The highest BCUT2D eigenvalue weighted by Crippen LogP contribution is 2.80. The Hall–Kier alpha value is -2.32. The van der Waals surface area contributed by atoms with E-state index in [4.69, 9.17) is 42.3 Å². The number of halogens is 1. The molecular formula is C37H51ClN2O14. The summed E-state index contributed by atoms with van der Waals surface area (Å²) >= 11 is 0. The largest absolute Gasteiger partial charge is 0.461 e. The summed E-state index contributed by atoms with van der Waals surface area (Å²) < 4.78 is 64.1. The number of imide groups is 1. The van der Waals surface area contributed by atoms with Crippen molar-refractivity contribution in [2.24, 2.45) is 40.4 Å². The first-order valence-corrected chi connectivity index (χ1v) is 19.8. The van der Waals surface area contributed by atoms with Crippen molar-refractivity contribution in [3.05, 3.63) is 29.8 Å². The van der Waals surface area contributed by atoms with Crippen LogP contribution in [-0.2, 0) is 33.3 Å². The number of ether oxygens (including phenoxy) is 5. The predicted octanol–water partition coefficient (Wildman–Crippen LogP) is -2.09. The first kappa shape index (κ1) is 39.9. The van der Waals surface area contributed by atoms with Gasteiger partial charge in [0.1, 0.15) is 11.2 Å². The van der Waals surface area contributed by atoms with Crippen LogP contribution in [0.3, 0.4) is 0 Å². The summed E-state index contributed by atoms with van der Waals surface area (Å²) in [6.45, 7) is 4.95. The third kappa shape index (κ3) is 5.25. The number of para-hydroxylation sites is 1. The van der Waals surface area contributed by atoms with Crippen LogP contribution in [-0.4, -0.2) is 127 Å².